The first-order valence-corrected chi connectivity index (χ1v) is 18.2. The third-order valence-corrected chi connectivity index (χ3v) is 8.43. The first-order valence-electron chi connectivity index (χ1n) is 18.2. The normalized spacial score (nSPS) is 12.2. The molecule has 0 aliphatic carbocycles. The van der Waals surface area contributed by atoms with E-state index in [1.165, 1.54) is 167 Å². The van der Waals surface area contributed by atoms with Gasteiger partial charge in [0.1, 0.15) is 0 Å². The van der Waals surface area contributed by atoms with Gasteiger partial charge in [-0.2, -0.15) is 0 Å². The minimum atomic E-state index is -0.0635. The fourth-order valence-electron chi connectivity index (χ4n) is 5.67. The number of nitrogens with one attached hydrogen (secondary N) is 1. The molecule has 3 heteroatoms. The number of aliphatic hydroxyl groups excluding tert-OH is 1. The quantitative estimate of drug-likeness (QED) is 0.0797. The first kappa shape index (κ1) is 38.4. The van der Waals surface area contributed by atoms with Crippen LogP contribution in [0.3, 0.4) is 0 Å². The summed E-state index contributed by atoms with van der Waals surface area (Å²) in [6.07, 6.45) is 39.7. The molecule has 3 nitrogen and oxygen atoms in total. The molecular weight excluding hydrogens is 478 g/mol. The van der Waals surface area contributed by atoms with Gasteiger partial charge >= 0.3 is 0 Å². The molecule has 0 saturated carbocycles. The molecule has 0 fully saturated rings. The number of amides is 1. The van der Waals surface area contributed by atoms with Crippen LogP contribution in [0.15, 0.2) is 0 Å². The molecule has 234 valence electrons. The van der Waals surface area contributed by atoms with E-state index in [4.69, 9.17) is 0 Å². The lowest BCUT2D eigenvalue weighted by Crippen LogP contribution is -2.23. The highest BCUT2D eigenvalue weighted by molar-refractivity contribution is 5.75. The number of carbonyl (C=O) groups excluding carboxylic acids is 1. The maximum Gasteiger partial charge on any atom is 0.219 e. The Morgan fingerprint density at radius 3 is 1.18 bits per heavy atom. The van der Waals surface area contributed by atoms with E-state index in [0.29, 0.717) is 6.42 Å². The highest BCUT2D eigenvalue weighted by atomic mass is 16.3. The molecule has 2 N–H and O–H groups in total. The maximum atomic E-state index is 12.0. The molecule has 0 aliphatic heterocycles. The predicted molar refractivity (Wildman–Crippen MR) is 173 cm³/mol. The van der Waals surface area contributed by atoms with Gasteiger partial charge in [0.05, 0.1) is 6.10 Å². The van der Waals surface area contributed by atoms with Crippen LogP contribution in [-0.2, 0) is 4.79 Å². The van der Waals surface area contributed by atoms with Gasteiger partial charge in [-0.15, -0.1) is 0 Å². The highest BCUT2D eigenvalue weighted by Crippen LogP contribution is 2.15. The van der Waals surface area contributed by atoms with Crippen LogP contribution in [0, 0.1) is 0 Å². The smallest absolute Gasteiger partial charge is 0.219 e. The van der Waals surface area contributed by atoms with Crippen molar-refractivity contribution in [2.24, 2.45) is 0 Å². The molecule has 0 radical (unpaired) electrons. The van der Waals surface area contributed by atoms with Gasteiger partial charge in [0.2, 0.25) is 5.91 Å². The summed E-state index contributed by atoms with van der Waals surface area (Å²) in [4.78, 5) is 12.0. The molecule has 1 atom stereocenters. The van der Waals surface area contributed by atoms with E-state index >= 15 is 0 Å². The number of hydrogen-bond donors (Lipinski definition) is 2. The zero-order chi connectivity index (χ0) is 28.5. The van der Waals surface area contributed by atoms with Crippen LogP contribution >= 0.6 is 0 Å². The summed E-state index contributed by atoms with van der Waals surface area (Å²) in [7, 11) is 0. The summed E-state index contributed by atoms with van der Waals surface area (Å²) in [5, 5.41) is 13.2. The fraction of sp³-hybridized carbons (Fsp3) is 0.972. The van der Waals surface area contributed by atoms with Gasteiger partial charge < -0.3 is 10.4 Å². The summed E-state index contributed by atoms with van der Waals surface area (Å²) in [6, 6.07) is 0. The Labute approximate surface area is 246 Å². The van der Waals surface area contributed by atoms with E-state index < -0.39 is 0 Å². The maximum absolute atomic E-state index is 12.0. The molecule has 0 spiro atoms. The Bertz CT molecular complexity index is 467. The Hall–Kier alpha value is -0.570. The molecule has 0 aromatic rings. The average molecular weight is 552 g/mol. The van der Waals surface area contributed by atoms with Crippen molar-refractivity contribution in [3.05, 3.63) is 0 Å². The molecule has 39 heavy (non-hydrogen) atoms. The van der Waals surface area contributed by atoms with Crippen molar-refractivity contribution in [1.29, 1.82) is 0 Å². The van der Waals surface area contributed by atoms with Crippen LogP contribution in [0.4, 0.5) is 0 Å². The zero-order valence-electron chi connectivity index (χ0n) is 27.1. The molecule has 0 aromatic heterocycles. The second-order valence-electron chi connectivity index (χ2n) is 12.5. The van der Waals surface area contributed by atoms with E-state index in [1.54, 1.807) is 0 Å². The molecule has 0 rings (SSSR count). The van der Waals surface area contributed by atoms with Crippen molar-refractivity contribution >= 4 is 5.91 Å². The number of aliphatic hydroxyl groups is 1. The lowest BCUT2D eigenvalue weighted by atomic mass is 10.0. The van der Waals surface area contributed by atoms with Gasteiger partial charge in [-0.3, -0.25) is 4.79 Å². The second kappa shape index (κ2) is 33.6. The van der Waals surface area contributed by atoms with Gasteiger partial charge in [0.15, 0.2) is 0 Å². The van der Waals surface area contributed by atoms with Crippen molar-refractivity contribution in [2.45, 2.75) is 219 Å². The molecule has 1 unspecified atom stereocenters. The summed E-state index contributed by atoms with van der Waals surface area (Å²) >= 11 is 0. The number of unbranched alkanes of at least 4 members (excludes halogenated alkanes) is 25. The van der Waals surface area contributed by atoms with E-state index in [0.717, 1.165) is 32.2 Å². The molecule has 0 heterocycles. The summed E-state index contributed by atoms with van der Waals surface area (Å²) in [5.74, 6) is 0.260. The van der Waals surface area contributed by atoms with Crippen LogP contribution in [0.5, 0.6) is 0 Å². The number of carbonyl (C=O) groups is 1. The van der Waals surface area contributed by atoms with Gasteiger partial charge in [-0.1, -0.05) is 181 Å². The number of rotatable bonds is 33. The zero-order valence-corrected chi connectivity index (χ0v) is 27.1. The van der Waals surface area contributed by atoms with Gasteiger partial charge in [-0.25, -0.2) is 0 Å². The lowest BCUT2D eigenvalue weighted by Gasteiger charge is -2.10. The average Bonchev–Trinajstić information content (AvgIpc) is 2.93. The van der Waals surface area contributed by atoms with Gasteiger partial charge in [0.25, 0.3) is 0 Å². The van der Waals surface area contributed by atoms with Crippen molar-refractivity contribution in [3.8, 4) is 0 Å². The van der Waals surface area contributed by atoms with Crippen LogP contribution < -0.4 is 5.32 Å². The second-order valence-corrected chi connectivity index (χ2v) is 12.5. The minimum absolute atomic E-state index is 0.0635. The Balaban J connectivity index is 3.20. The SMILES string of the molecule is CCCCCCCCCCCCCCCCCC(=O)NCCCCCCCCCCCC(O)CCCCCC. The predicted octanol–water partition coefficient (Wildman–Crippen LogP) is 11.6. The largest absolute Gasteiger partial charge is 0.393 e. The van der Waals surface area contributed by atoms with Crippen molar-refractivity contribution in [2.75, 3.05) is 6.54 Å². The third kappa shape index (κ3) is 33.5. The minimum Gasteiger partial charge on any atom is -0.393 e. The molecule has 0 saturated heterocycles. The third-order valence-electron chi connectivity index (χ3n) is 8.43. The van der Waals surface area contributed by atoms with E-state index in [1.807, 2.05) is 0 Å². The Kier molecular flexibility index (Phi) is 33.1. The van der Waals surface area contributed by atoms with Crippen molar-refractivity contribution in [3.63, 3.8) is 0 Å². The highest BCUT2D eigenvalue weighted by Gasteiger charge is 2.04. The molecule has 0 aromatic carbocycles. The van der Waals surface area contributed by atoms with Crippen LogP contribution in [0.25, 0.3) is 0 Å². The molecular formula is C36H73NO2. The monoisotopic (exact) mass is 552 g/mol. The first-order chi connectivity index (χ1) is 19.2. The lowest BCUT2D eigenvalue weighted by molar-refractivity contribution is -0.121. The van der Waals surface area contributed by atoms with E-state index in [9.17, 15) is 9.90 Å². The molecule has 0 aliphatic rings. The fourth-order valence-corrected chi connectivity index (χ4v) is 5.67. The van der Waals surface area contributed by atoms with Crippen LogP contribution in [-0.4, -0.2) is 23.7 Å². The van der Waals surface area contributed by atoms with Gasteiger partial charge in [-0.05, 0) is 25.7 Å². The Morgan fingerprint density at radius 1 is 0.462 bits per heavy atom. The van der Waals surface area contributed by atoms with Crippen LogP contribution in [0.1, 0.15) is 213 Å². The van der Waals surface area contributed by atoms with E-state index in [2.05, 4.69) is 19.2 Å². The van der Waals surface area contributed by atoms with E-state index in [-0.39, 0.29) is 12.0 Å². The van der Waals surface area contributed by atoms with Gasteiger partial charge in [0, 0.05) is 13.0 Å². The summed E-state index contributed by atoms with van der Waals surface area (Å²) in [6.45, 7) is 5.38. The summed E-state index contributed by atoms with van der Waals surface area (Å²) < 4.78 is 0. The van der Waals surface area contributed by atoms with Crippen molar-refractivity contribution < 1.29 is 9.90 Å². The van der Waals surface area contributed by atoms with Crippen LogP contribution in [0.2, 0.25) is 0 Å². The topological polar surface area (TPSA) is 49.3 Å². The summed E-state index contributed by atoms with van der Waals surface area (Å²) in [5.41, 5.74) is 0. The number of hydrogen-bond acceptors (Lipinski definition) is 2. The Morgan fingerprint density at radius 2 is 0.769 bits per heavy atom. The molecule has 1 amide bonds. The standard InChI is InChI=1S/C36H73NO2/c1-3-5-7-9-10-11-12-13-14-15-16-19-22-25-29-33-36(39)37-34-30-26-23-20-17-18-21-24-28-32-35(38)31-27-8-6-4-2/h35,38H,3-34H2,1-2H3,(H,37,39). The van der Waals surface area contributed by atoms with Crippen molar-refractivity contribution in [1.82, 2.24) is 5.32 Å². The molecule has 0 bridgehead atoms.